The minimum Gasteiger partial charge on any atom is -0.497 e. The van der Waals surface area contributed by atoms with Crippen LogP contribution in [0.2, 0.25) is 5.02 Å². The first-order valence-electron chi connectivity index (χ1n) is 9.32. The Kier molecular flexibility index (Phi) is 5.29. The second kappa shape index (κ2) is 8.05. The molecule has 5 nitrogen and oxygen atoms in total. The molecule has 0 bridgehead atoms. The van der Waals surface area contributed by atoms with E-state index in [0.29, 0.717) is 38.5 Å². The number of anilines is 1. The van der Waals surface area contributed by atoms with E-state index in [9.17, 15) is 9.59 Å². The van der Waals surface area contributed by atoms with Gasteiger partial charge in [-0.2, -0.15) is 0 Å². The van der Waals surface area contributed by atoms with Crippen molar-refractivity contribution < 1.29 is 9.53 Å². The first-order valence-corrected chi connectivity index (χ1v) is 9.70. The molecule has 0 spiro atoms. The molecular weight excluding hydrogens is 400 g/mol. The van der Waals surface area contributed by atoms with Crippen LogP contribution in [-0.2, 0) is 0 Å². The van der Waals surface area contributed by atoms with Crippen LogP contribution in [0.15, 0.2) is 83.8 Å². The standard InChI is InChI=1S/C24H19ClN2O3/c1-26(18-7-5-6-16(25)14-18)23(28)22-15-27(17-10-12-19(30-2)13-11-17)24(29)21-9-4-3-8-20(21)22/h3-15H,1-2H3. The summed E-state index contributed by atoms with van der Waals surface area (Å²) in [7, 11) is 3.27. The molecule has 0 aliphatic carbocycles. The van der Waals surface area contributed by atoms with Gasteiger partial charge in [-0.1, -0.05) is 35.9 Å². The maximum Gasteiger partial charge on any atom is 0.262 e. The Hall–Kier alpha value is -3.57. The topological polar surface area (TPSA) is 51.5 Å². The number of halogens is 1. The van der Waals surface area contributed by atoms with Gasteiger partial charge in [0.2, 0.25) is 0 Å². The maximum absolute atomic E-state index is 13.4. The zero-order chi connectivity index (χ0) is 21.3. The Morgan fingerprint density at radius 2 is 1.67 bits per heavy atom. The fraction of sp³-hybridized carbons (Fsp3) is 0.0833. The van der Waals surface area contributed by atoms with Gasteiger partial charge in [0.05, 0.1) is 12.7 Å². The lowest BCUT2D eigenvalue weighted by atomic mass is 10.1. The lowest BCUT2D eigenvalue weighted by Gasteiger charge is -2.20. The number of hydrogen-bond donors (Lipinski definition) is 0. The van der Waals surface area contributed by atoms with Gasteiger partial charge in [-0.3, -0.25) is 14.2 Å². The van der Waals surface area contributed by atoms with Crippen LogP contribution in [0.1, 0.15) is 10.4 Å². The average Bonchev–Trinajstić information content (AvgIpc) is 2.79. The van der Waals surface area contributed by atoms with Crippen LogP contribution in [0.3, 0.4) is 0 Å². The summed E-state index contributed by atoms with van der Waals surface area (Å²) in [6, 6.07) is 21.3. The predicted octanol–water partition coefficient (Wildman–Crippen LogP) is 4.93. The van der Waals surface area contributed by atoms with Crippen molar-refractivity contribution in [3.05, 3.63) is 99.9 Å². The van der Waals surface area contributed by atoms with E-state index in [-0.39, 0.29) is 11.5 Å². The molecule has 4 aromatic rings. The van der Waals surface area contributed by atoms with Crippen molar-refractivity contribution in [1.29, 1.82) is 0 Å². The van der Waals surface area contributed by atoms with Crippen molar-refractivity contribution in [2.75, 3.05) is 19.1 Å². The number of fused-ring (bicyclic) bond motifs is 1. The normalized spacial score (nSPS) is 10.8. The number of pyridine rings is 1. The molecule has 6 heteroatoms. The molecule has 1 amide bonds. The van der Waals surface area contributed by atoms with Gasteiger partial charge in [-0.15, -0.1) is 0 Å². The molecule has 0 aliphatic heterocycles. The van der Waals surface area contributed by atoms with Gasteiger partial charge in [0.25, 0.3) is 11.5 Å². The number of methoxy groups -OCH3 is 1. The molecule has 4 rings (SSSR count). The quantitative estimate of drug-likeness (QED) is 0.472. The number of benzene rings is 3. The first-order chi connectivity index (χ1) is 14.5. The number of rotatable bonds is 4. The molecule has 3 aromatic carbocycles. The van der Waals surface area contributed by atoms with Gasteiger partial charge in [0.1, 0.15) is 5.75 Å². The van der Waals surface area contributed by atoms with Crippen LogP contribution in [0.25, 0.3) is 16.5 Å². The Morgan fingerprint density at radius 1 is 0.967 bits per heavy atom. The monoisotopic (exact) mass is 418 g/mol. The highest BCUT2D eigenvalue weighted by Crippen LogP contribution is 2.24. The summed E-state index contributed by atoms with van der Waals surface area (Å²) in [4.78, 5) is 28.1. The van der Waals surface area contributed by atoms with Crippen molar-refractivity contribution >= 4 is 34.0 Å². The van der Waals surface area contributed by atoms with E-state index >= 15 is 0 Å². The Bertz CT molecular complexity index is 1300. The third-order valence-electron chi connectivity index (χ3n) is 5.01. The molecule has 30 heavy (non-hydrogen) atoms. The van der Waals surface area contributed by atoms with Crippen molar-refractivity contribution in [3.63, 3.8) is 0 Å². The molecule has 150 valence electrons. The molecule has 1 heterocycles. The summed E-state index contributed by atoms with van der Waals surface area (Å²) in [5.41, 5.74) is 1.53. The maximum atomic E-state index is 13.4. The van der Waals surface area contributed by atoms with Crippen molar-refractivity contribution in [1.82, 2.24) is 4.57 Å². The number of aromatic nitrogens is 1. The van der Waals surface area contributed by atoms with Crippen molar-refractivity contribution in [2.45, 2.75) is 0 Å². The van der Waals surface area contributed by atoms with Crippen LogP contribution >= 0.6 is 11.6 Å². The zero-order valence-corrected chi connectivity index (χ0v) is 17.3. The lowest BCUT2D eigenvalue weighted by molar-refractivity contribution is 0.0994. The third kappa shape index (κ3) is 3.55. The molecule has 0 fully saturated rings. The van der Waals surface area contributed by atoms with E-state index in [0.717, 1.165) is 0 Å². The number of hydrogen-bond acceptors (Lipinski definition) is 3. The van der Waals surface area contributed by atoms with E-state index in [1.807, 2.05) is 12.1 Å². The molecular formula is C24H19ClN2O3. The second-order valence-corrected chi connectivity index (χ2v) is 7.24. The average molecular weight is 419 g/mol. The highest BCUT2D eigenvalue weighted by atomic mass is 35.5. The largest absolute Gasteiger partial charge is 0.497 e. The smallest absolute Gasteiger partial charge is 0.262 e. The van der Waals surface area contributed by atoms with Gasteiger partial charge in [0.15, 0.2) is 0 Å². The van der Waals surface area contributed by atoms with Gasteiger partial charge in [0, 0.05) is 40.4 Å². The fourth-order valence-electron chi connectivity index (χ4n) is 3.38. The van der Waals surface area contributed by atoms with Crippen LogP contribution in [-0.4, -0.2) is 24.6 Å². The molecule has 0 unspecified atom stereocenters. The number of carbonyl (C=O) groups is 1. The van der Waals surface area contributed by atoms with Crippen LogP contribution in [0.5, 0.6) is 5.75 Å². The number of amides is 1. The Balaban J connectivity index is 1.89. The summed E-state index contributed by atoms with van der Waals surface area (Å²) < 4.78 is 6.69. The highest BCUT2D eigenvalue weighted by Gasteiger charge is 2.20. The SMILES string of the molecule is COc1ccc(-n2cc(C(=O)N(C)c3cccc(Cl)c3)c3ccccc3c2=O)cc1. The molecule has 0 saturated heterocycles. The molecule has 0 radical (unpaired) electrons. The van der Waals surface area contributed by atoms with Crippen molar-refractivity contribution in [3.8, 4) is 11.4 Å². The predicted molar refractivity (Wildman–Crippen MR) is 120 cm³/mol. The molecule has 1 aromatic heterocycles. The van der Waals surface area contributed by atoms with Gasteiger partial charge in [-0.05, 0) is 48.5 Å². The first kappa shape index (κ1) is 19.7. The second-order valence-electron chi connectivity index (χ2n) is 6.81. The minimum absolute atomic E-state index is 0.197. The number of ether oxygens (including phenoxy) is 1. The summed E-state index contributed by atoms with van der Waals surface area (Å²) >= 11 is 6.09. The molecule has 0 N–H and O–H groups in total. The van der Waals surface area contributed by atoms with Gasteiger partial charge in [-0.25, -0.2) is 0 Å². The summed E-state index contributed by atoms with van der Waals surface area (Å²) in [5.74, 6) is 0.445. The summed E-state index contributed by atoms with van der Waals surface area (Å²) in [5, 5.41) is 1.62. The number of nitrogens with zero attached hydrogens (tertiary/aromatic N) is 2. The van der Waals surface area contributed by atoms with Gasteiger partial charge < -0.3 is 9.64 Å². The Morgan fingerprint density at radius 3 is 2.33 bits per heavy atom. The van der Waals surface area contributed by atoms with E-state index in [2.05, 4.69) is 0 Å². The third-order valence-corrected chi connectivity index (χ3v) is 5.24. The Labute approximate surface area is 178 Å². The summed E-state index contributed by atoms with van der Waals surface area (Å²) in [6.45, 7) is 0. The van der Waals surface area contributed by atoms with Crippen molar-refractivity contribution in [2.24, 2.45) is 0 Å². The molecule has 0 saturated carbocycles. The van der Waals surface area contributed by atoms with E-state index in [1.54, 1.807) is 81.0 Å². The number of carbonyl (C=O) groups excluding carboxylic acids is 1. The van der Waals surface area contributed by atoms with E-state index in [4.69, 9.17) is 16.3 Å². The minimum atomic E-state index is -0.240. The van der Waals surface area contributed by atoms with Gasteiger partial charge >= 0.3 is 0 Å². The van der Waals surface area contributed by atoms with Crippen LogP contribution in [0.4, 0.5) is 5.69 Å². The highest BCUT2D eigenvalue weighted by molar-refractivity contribution is 6.31. The van der Waals surface area contributed by atoms with Crippen LogP contribution in [0, 0.1) is 0 Å². The van der Waals surface area contributed by atoms with E-state index < -0.39 is 0 Å². The summed E-state index contributed by atoms with van der Waals surface area (Å²) in [6.07, 6.45) is 1.59. The van der Waals surface area contributed by atoms with Crippen LogP contribution < -0.4 is 15.2 Å². The zero-order valence-electron chi connectivity index (χ0n) is 16.5. The molecule has 0 aliphatic rings. The lowest BCUT2D eigenvalue weighted by Crippen LogP contribution is -2.29. The fourth-order valence-corrected chi connectivity index (χ4v) is 3.56. The molecule has 0 atom stereocenters. The van der Waals surface area contributed by atoms with E-state index in [1.165, 1.54) is 9.47 Å².